The van der Waals surface area contributed by atoms with Crippen molar-refractivity contribution in [3.8, 4) is 0 Å². The van der Waals surface area contributed by atoms with E-state index in [4.69, 9.17) is 4.74 Å². The fraction of sp³-hybridized carbons (Fsp3) is 0.333. The van der Waals surface area contributed by atoms with E-state index in [1.54, 1.807) is 0 Å². The molecule has 1 N–H and O–H groups in total. The fourth-order valence-corrected chi connectivity index (χ4v) is 3.36. The van der Waals surface area contributed by atoms with Gasteiger partial charge in [0.1, 0.15) is 19.1 Å². The smallest absolute Gasteiger partial charge is 0.337 e. The summed E-state index contributed by atoms with van der Waals surface area (Å²) in [5.41, 5.74) is -0.693. The van der Waals surface area contributed by atoms with Gasteiger partial charge in [0.25, 0.3) is 0 Å². The van der Waals surface area contributed by atoms with Gasteiger partial charge in [-0.05, 0) is 17.2 Å². The van der Waals surface area contributed by atoms with Gasteiger partial charge in [-0.1, -0.05) is 12.1 Å². The molecule has 0 unspecified atom stereocenters. The molecule has 5 nitrogen and oxygen atoms in total. The predicted octanol–water partition coefficient (Wildman–Crippen LogP) is 2.77. The number of carbonyl (C=O) groups excluding carboxylic acids is 2. The molecule has 0 radical (unpaired) electrons. The number of rotatable bonds is 5. The van der Waals surface area contributed by atoms with E-state index in [1.165, 1.54) is 12.1 Å². The highest BCUT2D eigenvalue weighted by atomic mass is 19.3. The number of alkyl halides is 3. The third-order valence-electron chi connectivity index (χ3n) is 4.46. The van der Waals surface area contributed by atoms with Crippen LogP contribution in [0.25, 0.3) is 0 Å². The molecule has 1 aromatic rings. The quantitative estimate of drug-likeness (QED) is 0.622. The molecule has 2 aliphatic heterocycles. The number of hydrogen-bond acceptors (Lipinski definition) is 5. The van der Waals surface area contributed by atoms with Gasteiger partial charge in [-0.25, -0.2) is 27.2 Å². The van der Waals surface area contributed by atoms with Crippen molar-refractivity contribution in [2.24, 2.45) is 0 Å². The maximum atomic E-state index is 14.3. The number of methoxy groups -OCH3 is 1. The zero-order valence-corrected chi connectivity index (χ0v) is 14.2. The lowest BCUT2D eigenvalue weighted by molar-refractivity contribution is -0.136. The van der Waals surface area contributed by atoms with E-state index in [0.29, 0.717) is 0 Å². The van der Waals surface area contributed by atoms with Crippen LogP contribution < -0.4 is 5.32 Å². The second kappa shape index (κ2) is 7.42. The largest absolute Gasteiger partial charge is 0.466 e. The molecule has 1 aromatic carbocycles. The Morgan fingerprint density at radius 2 is 2.19 bits per heavy atom. The average Bonchev–Trinajstić information content (AvgIpc) is 3.01. The molecule has 0 spiro atoms. The van der Waals surface area contributed by atoms with E-state index < -0.39 is 43.2 Å². The number of dihydropyridines is 1. The van der Waals surface area contributed by atoms with Crippen molar-refractivity contribution in [3.63, 3.8) is 0 Å². The number of allylic oxidation sites excluding steroid dienone is 1. The molecular formula is C18H17F4NO4. The summed E-state index contributed by atoms with van der Waals surface area (Å²) in [5.74, 6) is -3.95. The summed E-state index contributed by atoms with van der Waals surface area (Å²) in [6.45, 7) is -1.30. The van der Waals surface area contributed by atoms with Crippen LogP contribution in [0.2, 0.25) is 0 Å². The van der Waals surface area contributed by atoms with Crippen molar-refractivity contribution < 1.29 is 38.1 Å². The first-order valence-corrected chi connectivity index (χ1v) is 7.99. The van der Waals surface area contributed by atoms with Crippen LogP contribution in [0, 0.1) is 5.82 Å². The summed E-state index contributed by atoms with van der Waals surface area (Å²) >= 11 is 0. The minimum atomic E-state index is -2.86. The Hall–Kier alpha value is -2.84. The maximum Gasteiger partial charge on any atom is 0.337 e. The van der Waals surface area contributed by atoms with E-state index in [-0.39, 0.29) is 41.7 Å². The van der Waals surface area contributed by atoms with Crippen molar-refractivity contribution in [2.45, 2.75) is 18.8 Å². The lowest BCUT2D eigenvalue weighted by atomic mass is 9.78. The number of halogens is 4. The van der Waals surface area contributed by atoms with Crippen LogP contribution in [0.3, 0.4) is 0 Å². The van der Waals surface area contributed by atoms with Crippen molar-refractivity contribution in [1.82, 2.24) is 5.32 Å². The van der Waals surface area contributed by atoms with Gasteiger partial charge >= 0.3 is 11.9 Å². The zero-order chi connectivity index (χ0) is 19.7. The van der Waals surface area contributed by atoms with Gasteiger partial charge in [0.2, 0.25) is 6.43 Å². The Bertz CT molecular complexity index is 869. The lowest BCUT2D eigenvalue weighted by Gasteiger charge is -2.29. The molecule has 9 heteroatoms. The summed E-state index contributed by atoms with van der Waals surface area (Å²) in [6, 6.07) is 3.60. The van der Waals surface area contributed by atoms with Gasteiger partial charge in [-0.15, -0.1) is 0 Å². The molecule has 3 rings (SSSR count). The van der Waals surface area contributed by atoms with Crippen molar-refractivity contribution in [2.75, 3.05) is 20.4 Å². The second-order valence-corrected chi connectivity index (χ2v) is 5.95. The highest BCUT2D eigenvalue weighted by Crippen LogP contribution is 2.43. The normalized spacial score (nSPS) is 19.2. The summed E-state index contributed by atoms with van der Waals surface area (Å²) < 4.78 is 63.5. The number of cyclic esters (lactones) is 1. The topological polar surface area (TPSA) is 64.6 Å². The third-order valence-corrected chi connectivity index (χ3v) is 4.46. The standard InChI is InChI=1S/C18H15F4NO4.H2/c1-26-17(24)15-11(6-19)23-12-7-27-18(25)16(12)14(15)8-3-2-4-10(20)9(8)5-13(21)22;/h2-4,13-14,23H,5-7H2,1H3;1H/t14-;/m0./s1. The van der Waals surface area contributed by atoms with Gasteiger partial charge < -0.3 is 14.8 Å². The molecular weight excluding hydrogens is 370 g/mol. The molecule has 0 saturated carbocycles. The molecule has 0 aliphatic carbocycles. The first kappa shape index (κ1) is 18.9. The number of carbonyl (C=O) groups is 2. The maximum absolute atomic E-state index is 14.3. The van der Waals surface area contributed by atoms with Crippen LogP contribution in [0.1, 0.15) is 18.5 Å². The van der Waals surface area contributed by atoms with Crippen molar-refractivity contribution in [3.05, 3.63) is 57.7 Å². The monoisotopic (exact) mass is 387 g/mol. The van der Waals surface area contributed by atoms with Crippen LogP contribution in [-0.4, -0.2) is 38.8 Å². The zero-order valence-electron chi connectivity index (χ0n) is 14.2. The average molecular weight is 387 g/mol. The SMILES string of the molecule is COC(=O)C1=C(CF)NC2=C(C(=O)OC2)[C@H]1c1cccc(F)c1CC(F)F.[HH]. The van der Waals surface area contributed by atoms with E-state index in [2.05, 4.69) is 10.1 Å². The fourth-order valence-electron chi connectivity index (χ4n) is 3.36. The predicted molar refractivity (Wildman–Crippen MR) is 87.1 cm³/mol. The van der Waals surface area contributed by atoms with Crippen molar-refractivity contribution in [1.29, 1.82) is 0 Å². The second-order valence-electron chi connectivity index (χ2n) is 5.95. The highest BCUT2D eigenvalue weighted by molar-refractivity contribution is 6.01. The lowest BCUT2D eigenvalue weighted by Crippen LogP contribution is -2.32. The molecule has 0 amide bonds. The number of esters is 2. The minimum absolute atomic E-state index is 0. The van der Waals surface area contributed by atoms with Gasteiger partial charge in [-0.2, -0.15) is 0 Å². The molecule has 2 aliphatic rings. The van der Waals surface area contributed by atoms with Gasteiger partial charge in [0.05, 0.1) is 35.6 Å². The highest BCUT2D eigenvalue weighted by Gasteiger charge is 2.43. The Balaban J connectivity index is 0.00000280. The first-order chi connectivity index (χ1) is 12.9. The minimum Gasteiger partial charge on any atom is -0.466 e. The van der Waals surface area contributed by atoms with Crippen LogP contribution >= 0.6 is 0 Å². The van der Waals surface area contributed by atoms with Crippen LogP contribution in [0.5, 0.6) is 0 Å². The molecule has 1 atom stereocenters. The molecule has 0 fully saturated rings. The van der Waals surface area contributed by atoms with Crippen molar-refractivity contribution >= 4 is 11.9 Å². The first-order valence-electron chi connectivity index (χ1n) is 7.99. The van der Waals surface area contributed by atoms with E-state index >= 15 is 0 Å². The van der Waals surface area contributed by atoms with Gasteiger partial charge in [0.15, 0.2) is 0 Å². The molecule has 0 bridgehead atoms. The molecule has 0 saturated heterocycles. The Morgan fingerprint density at radius 1 is 1.44 bits per heavy atom. The summed E-state index contributed by atoms with van der Waals surface area (Å²) in [6.07, 6.45) is -3.79. The third kappa shape index (κ3) is 3.29. The molecule has 146 valence electrons. The van der Waals surface area contributed by atoms with E-state index in [0.717, 1.165) is 13.2 Å². The summed E-state index contributed by atoms with van der Waals surface area (Å²) in [4.78, 5) is 24.6. The number of ether oxygens (including phenoxy) is 2. The number of hydrogen-bond donors (Lipinski definition) is 1. The van der Waals surface area contributed by atoms with E-state index in [1.807, 2.05) is 0 Å². The molecule has 2 heterocycles. The van der Waals surface area contributed by atoms with Gasteiger partial charge in [0, 0.05) is 7.85 Å². The Labute approximate surface area is 153 Å². The van der Waals surface area contributed by atoms with Crippen LogP contribution in [0.4, 0.5) is 17.6 Å². The number of benzene rings is 1. The van der Waals surface area contributed by atoms with E-state index in [9.17, 15) is 27.2 Å². The Kier molecular flexibility index (Phi) is 5.20. The number of nitrogens with one attached hydrogen (secondary N) is 1. The molecule has 0 aromatic heterocycles. The summed E-state index contributed by atoms with van der Waals surface area (Å²) in [7, 11) is 1.06. The van der Waals surface area contributed by atoms with Gasteiger partial charge in [-0.3, -0.25) is 0 Å². The van der Waals surface area contributed by atoms with Crippen LogP contribution in [0.15, 0.2) is 40.7 Å². The Morgan fingerprint density at radius 3 is 2.81 bits per heavy atom. The van der Waals surface area contributed by atoms with Crippen LogP contribution in [-0.2, 0) is 25.5 Å². The molecule has 27 heavy (non-hydrogen) atoms. The summed E-state index contributed by atoms with van der Waals surface area (Å²) in [5, 5.41) is 2.63.